The second-order valence-corrected chi connectivity index (χ2v) is 3.47. The van der Waals surface area contributed by atoms with Gasteiger partial charge in [-0.1, -0.05) is 13.3 Å². The van der Waals surface area contributed by atoms with Crippen molar-refractivity contribution >= 4 is 5.78 Å². The van der Waals surface area contributed by atoms with Gasteiger partial charge in [0, 0.05) is 0 Å². The van der Waals surface area contributed by atoms with E-state index in [-0.39, 0.29) is 11.7 Å². The minimum Gasteiger partial charge on any atom is -0.467 e. The van der Waals surface area contributed by atoms with Gasteiger partial charge < -0.3 is 9.52 Å². The zero-order chi connectivity index (χ0) is 10.6. The lowest BCUT2D eigenvalue weighted by Crippen LogP contribution is -2.19. The Morgan fingerprint density at radius 1 is 1.64 bits per heavy atom. The highest BCUT2D eigenvalue weighted by Crippen LogP contribution is 2.26. The standard InChI is InChI=1S/C11H16O3/c1-3-5-9(8(2)12)11(13)10-6-4-7-14-10/h4,6-7,9,11,13H,3,5H2,1-2H3/t9-,11-/m0/s1. The first-order valence-corrected chi connectivity index (χ1v) is 4.88. The molecule has 1 aromatic rings. The molecule has 1 rings (SSSR count). The highest BCUT2D eigenvalue weighted by atomic mass is 16.4. The molecule has 0 aliphatic rings. The van der Waals surface area contributed by atoms with E-state index in [4.69, 9.17) is 4.42 Å². The molecule has 0 aliphatic carbocycles. The Balaban J connectivity index is 2.73. The fraction of sp³-hybridized carbons (Fsp3) is 0.545. The lowest BCUT2D eigenvalue weighted by atomic mass is 9.92. The van der Waals surface area contributed by atoms with Gasteiger partial charge in [0.2, 0.25) is 0 Å². The summed E-state index contributed by atoms with van der Waals surface area (Å²) in [6.07, 6.45) is 2.27. The van der Waals surface area contributed by atoms with Crippen LogP contribution >= 0.6 is 0 Å². The number of Topliss-reactive ketones (excluding diaryl/α,β-unsaturated/α-hetero) is 1. The van der Waals surface area contributed by atoms with E-state index in [0.29, 0.717) is 12.2 Å². The Kier molecular flexibility index (Phi) is 3.89. The molecule has 1 aromatic heterocycles. The summed E-state index contributed by atoms with van der Waals surface area (Å²) in [5, 5.41) is 9.86. The predicted octanol–water partition coefficient (Wildman–Crippen LogP) is 2.32. The van der Waals surface area contributed by atoms with Crippen molar-refractivity contribution < 1.29 is 14.3 Å². The molecule has 1 heterocycles. The molecule has 0 aromatic carbocycles. The molecular formula is C11H16O3. The summed E-state index contributed by atoms with van der Waals surface area (Å²) < 4.78 is 5.07. The van der Waals surface area contributed by atoms with Crippen LogP contribution in [0, 0.1) is 5.92 Å². The molecule has 0 amide bonds. The zero-order valence-corrected chi connectivity index (χ0v) is 8.56. The average molecular weight is 196 g/mol. The topological polar surface area (TPSA) is 50.4 Å². The molecule has 0 fully saturated rings. The third-order valence-electron chi connectivity index (χ3n) is 2.34. The van der Waals surface area contributed by atoms with Gasteiger partial charge in [0.05, 0.1) is 12.2 Å². The Hall–Kier alpha value is -1.09. The van der Waals surface area contributed by atoms with Crippen molar-refractivity contribution in [2.75, 3.05) is 0 Å². The second kappa shape index (κ2) is 4.96. The summed E-state index contributed by atoms with van der Waals surface area (Å²) in [6, 6.07) is 3.40. The van der Waals surface area contributed by atoms with E-state index in [0.717, 1.165) is 6.42 Å². The molecule has 78 valence electrons. The fourth-order valence-electron chi connectivity index (χ4n) is 1.55. The molecule has 0 unspecified atom stereocenters. The summed E-state index contributed by atoms with van der Waals surface area (Å²) in [4.78, 5) is 11.3. The summed E-state index contributed by atoms with van der Waals surface area (Å²) in [5.74, 6) is 0.139. The average Bonchev–Trinajstić information content (AvgIpc) is 2.65. The number of ketones is 1. The number of hydrogen-bond acceptors (Lipinski definition) is 3. The largest absolute Gasteiger partial charge is 0.467 e. The number of rotatable bonds is 5. The van der Waals surface area contributed by atoms with E-state index in [1.165, 1.54) is 13.2 Å². The maximum absolute atomic E-state index is 11.3. The monoisotopic (exact) mass is 196 g/mol. The summed E-state index contributed by atoms with van der Waals surface area (Å²) in [7, 11) is 0. The van der Waals surface area contributed by atoms with E-state index < -0.39 is 6.10 Å². The van der Waals surface area contributed by atoms with Crippen LogP contribution < -0.4 is 0 Å². The molecule has 3 heteroatoms. The Morgan fingerprint density at radius 2 is 2.36 bits per heavy atom. The molecule has 0 radical (unpaired) electrons. The molecule has 3 nitrogen and oxygen atoms in total. The molecular weight excluding hydrogens is 180 g/mol. The van der Waals surface area contributed by atoms with Crippen molar-refractivity contribution in [2.45, 2.75) is 32.8 Å². The maximum Gasteiger partial charge on any atom is 0.135 e. The van der Waals surface area contributed by atoms with Gasteiger partial charge in [-0.05, 0) is 25.5 Å². The van der Waals surface area contributed by atoms with Gasteiger partial charge >= 0.3 is 0 Å². The molecule has 1 N–H and O–H groups in total. The number of carbonyl (C=O) groups excluding carboxylic acids is 1. The van der Waals surface area contributed by atoms with Crippen LogP contribution in [0.4, 0.5) is 0 Å². The SMILES string of the molecule is CCC[C@@H](C(C)=O)[C@H](O)c1ccco1. The summed E-state index contributed by atoms with van der Waals surface area (Å²) in [6.45, 7) is 3.50. The van der Waals surface area contributed by atoms with Crippen LogP contribution in [0.1, 0.15) is 38.6 Å². The highest BCUT2D eigenvalue weighted by Gasteiger charge is 2.25. The Morgan fingerprint density at radius 3 is 2.79 bits per heavy atom. The van der Waals surface area contributed by atoms with E-state index in [1.807, 2.05) is 6.92 Å². The first-order chi connectivity index (χ1) is 6.66. The maximum atomic E-state index is 11.3. The molecule has 0 aliphatic heterocycles. The predicted molar refractivity (Wildman–Crippen MR) is 52.7 cm³/mol. The van der Waals surface area contributed by atoms with Gasteiger partial charge in [-0.25, -0.2) is 0 Å². The molecule has 0 bridgehead atoms. The highest BCUT2D eigenvalue weighted by molar-refractivity contribution is 5.78. The van der Waals surface area contributed by atoms with E-state index in [2.05, 4.69) is 0 Å². The molecule has 2 atom stereocenters. The third kappa shape index (κ3) is 2.45. The van der Waals surface area contributed by atoms with Crippen molar-refractivity contribution in [2.24, 2.45) is 5.92 Å². The van der Waals surface area contributed by atoms with Crippen LogP contribution in [0.2, 0.25) is 0 Å². The van der Waals surface area contributed by atoms with Crippen LogP contribution in [0.15, 0.2) is 22.8 Å². The summed E-state index contributed by atoms with van der Waals surface area (Å²) >= 11 is 0. The van der Waals surface area contributed by atoms with Crippen LogP contribution in [0.25, 0.3) is 0 Å². The molecule has 0 saturated heterocycles. The minimum absolute atomic E-state index is 0.00995. The molecule has 14 heavy (non-hydrogen) atoms. The minimum atomic E-state index is -0.803. The van der Waals surface area contributed by atoms with E-state index in [1.54, 1.807) is 12.1 Å². The third-order valence-corrected chi connectivity index (χ3v) is 2.34. The van der Waals surface area contributed by atoms with Gasteiger partial charge in [-0.15, -0.1) is 0 Å². The fourth-order valence-corrected chi connectivity index (χ4v) is 1.55. The molecule has 0 saturated carbocycles. The number of hydrogen-bond donors (Lipinski definition) is 1. The lowest BCUT2D eigenvalue weighted by molar-refractivity contribution is -0.125. The van der Waals surface area contributed by atoms with E-state index in [9.17, 15) is 9.90 Å². The van der Waals surface area contributed by atoms with Crippen molar-refractivity contribution in [1.82, 2.24) is 0 Å². The van der Waals surface area contributed by atoms with Gasteiger partial charge in [0.25, 0.3) is 0 Å². The van der Waals surface area contributed by atoms with Crippen molar-refractivity contribution in [3.05, 3.63) is 24.2 Å². The van der Waals surface area contributed by atoms with Gasteiger partial charge in [-0.3, -0.25) is 4.79 Å². The quantitative estimate of drug-likeness (QED) is 0.786. The van der Waals surface area contributed by atoms with Crippen molar-refractivity contribution in [3.63, 3.8) is 0 Å². The van der Waals surface area contributed by atoms with Crippen molar-refractivity contribution in [1.29, 1.82) is 0 Å². The molecule has 0 spiro atoms. The van der Waals surface area contributed by atoms with Crippen LogP contribution in [-0.2, 0) is 4.79 Å². The van der Waals surface area contributed by atoms with Crippen LogP contribution in [0.5, 0.6) is 0 Å². The van der Waals surface area contributed by atoms with Gasteiger partial charge in [0.1, 0.15) is 17.6 Å². The van der Waals surface area contributed by atoms with Crippen LogP contribution in [-0.4, -0.2) is 10.9 Å². The summed E-state index contributed by atoms with van der Waals surface area (Å²) in [5.41, 5.74) is 0. The number of carbonyl (C=O) groups is 1. The number of furan rings is 1. The Labute approximate surface area is 83.7 Å². The van der Waals surface area contributed by atoms with Gasteiger partial charge in [-0.2, -0.15) is 0 Å². The van der Waals surface area contributed by atoms with Gasteiger partial charge in [0.15, 0.2) is 0 Å². The lowest BCUT2D eigenvalue weighted by Gasteiger charge is -2.17. The smallest absolute Gasteiger partial charge is 0.135 e. The second-order valence-electron chi connectivity index (χ2n) is 3.47. The number of aliphatic hydroxyl groups excluding tert-OH is 1. The van der Waals surface area contributed by atoms with Crippen molar-refractivity contribution in [3.8, 4) is 0 Å². The first kappa shape index (κ1) is 11.0. The zero-order valence-electron chi connectivity index (χ0n) is 8.56. The van der Waals surface area contributed by atoms with E-state index >= 15 is 0 Å². The Bertz CT molecular complexity index is 277. The van der Waals surface area contributed by atoms with Crippen LogP contribution in [0.3, 0.4) is 0 Å². The first-order valence-electron chi connectivity index (χ1n) is 4.88. The normalized spacial score (nSPS) is 15.1. The number of aliphatic hydroxyl groups is 1.